The summed E-state index contributed by atoms with van der Waals surface area (Å²) in [5.41, 5.74) is 0. The monoisotopic (exact) mass is 154 g/mol. The quantitative estimate of drug-likeness (QED) is 0.566. The van der Waals surface area contributed by atoms with Crippen LogP contribution in [0.25, 0.3) is 0 Å². The third kappa shape index (κ3) is 2.21. The summed E-state index contributed by atoms with van der Waals surface area (Å²) in [6.07, 6.45) is 7.37. The zero-order chi connectivity index (χ0) is 8.27. The smallest absolute Gasteiger partial charge is 0.0363 e. The highest BCUT2D eigenvalue weighted by atomic mass is 14.3. The van der Waals surface area contributed by atoms with Gasteiger partial charge in [-0.2, -0.15) is 0 Å². The molecule has 0 saturated heterocycles. The summed E-state index contributed by atoms with van der Waals surface area (Å²) in [5.74, 6) is 3.00. The molecule has 1 rings (SSSR count). The average molecular weight is 154 g/mol. The van der Waals surface area contributed by atoms with Crippen molar-refractivity contribution in [3.05, 3.63) is 0 Å². The highest BCUT2D eigenvalue weighted by Gasteiger charge is 2.25. The van der Waals surface area contributed by atoms with E-state index in [2.05, 4.69) is 20.8 Å². The molecular formula is C11H22. The molecule has 0 nitrogen and oxygen atoms in total. The van der Waals surface area contributed by atoms with E-state index in [0.29, 0.717) is 0 Å². The Morgan fingerprint density at radius 3 is 2.27 bits per heavy atom. The van der Waals surface area contributed by atoms with Crippen LogP contribution in [0, 0.1) is 17.8 Å². The molecule has 2 atom stereocenters. The Hall–Kier alpha value is 0. The van der Waals surface area contributed by atoms with Crippen LogP contribution in [0.15, 0.2) is 0 Å². The second-order valence-corrected chi connectivity index (χ2v) is 4.36. The van der Waals surface area contributed by atoms with Gasteiger partial charge in [0.05, 0.1) is 0 Å². The van der Waals surface area contributed by atoms with Gasteiger partial charge in [-0.15, -0.1) is 0 Å². The van der Waals surface area contributed by atoms with Crippen molar-refractivity contribution in [3.8, 4) is 0 Å². The Morgan fingerprint density at radius 2 is 1.82 bits per heavy atom. The zero-order valence-electron chi connectivity index (χ0n) is 8.27. The van der Waals surface area contributed by atoms with Crippen LogP contribution in [0.3, 0.4) is 0 Å². The molecule has 1 aliphatic rings. The third-order valence-corrected chi connectivity index (χ3v) is 3.35. The molecule has 0 radical (unpaired) electrons. The Morgan fingerprint density at radius 1 is 1.18 bits per heavy atom. The molecule has 0 heterocycles. The summed E-state index contributed by atoms with van der Waals surface area (Å²) < 4.78 is 0. The van der Waals surface area contributed by atoms with Crippen molar-refractivity contribution in [2.24, 2.45) is 17.8 Å². The van der Waals surface area contributed by atoms with E-state index >= 15 is 0 Å². The highest BCUT2D eigenvalue weighted by molar-refractivity contribution is 4.76. The number of rotatable bonds is 2. The molecule has 1 unspecified atom stereocenters. The summed E-state index contributed by atoms with van der Waals surface area (Å²) in [6.45, 7) is 7.13. The van der Waals surface area contributed by atoms with E-state index in [-0.39, 0.29) is 0 Å². The lowest BCUT2D eigenvalue weighted by molar-refractivity contribution is 0.175. The predicted octanol–water partition coefficient (Wildman–Crippen LogP) is 3.86. The van der Waals surface area contributed by atoms with Gasteiger partial charge in [-0.1, -0.05) is 46.5 Å². The van der Waals surface area contributed by atoms with Crippen LogP contribution in [0.1, 0.15) is 52.9 Å². The van der Waals surface area contributed by atoms with Crippen molar-refractivity contribution in [3.63, 3.8) is 0 Å². The normalized spacial score (nSPS) is 32.7. The van der Waals surface area contributed by atoms with E-state index in [1.54, 1.807) is 0 Å². The average Bonchev–Trinajstić information content (AvgIpc) is 2.04. The molecule has 11 heavy (non-hydrogen) atoms. The lowest BCUT2D eigenvalue weighted by atomic mass is 9.72. The van der Waals surface area contributed by atoms with E-state index in [4.69, 9.17) is 0 Å². The van der Waals surface area contributed by atoms with E-state index in [1.165, 1.54) is 32.1 Å². The van der Waals surface area contributed by atoms with Gasteiger partial charge in [0.15, 0.2) is 0 Å². The molecule has 0 amide bonds. The van der Waals surface area contributed by atoms with Crippen molar-refractivity contribution in [2.45, 2.75) is 52.9 Å². The molecule has 0 aromatic carbocycles. The molecule has 0 aromatic heterocycles. The molecule has 1 fully saturated rings. The van der Waals surface area contributed by atoms with Gasteiger partial charge in [0.2, 0.25) is 0 Å². The van der Waals surface area contributed by atoms with Gasteiger partial charge in [-0.25, -0.2) is 0 Å². The van der Waals surface area contributed by atoms with Gasteiger partial charge in [0, 0.05) is 0 Å². The molecule has 0 heteroatoms. The summed E-state index contributed by atoms with van der Waals surface area (Å²) in [5, 5.41) is 0. The molecule has 0 aliphatic heterocycles. The Balaban J connectivity index is 2.44. The van der Waals surface area contributed by atoms with Gasteiger partial charge in [0.25, 0.3) is 0 Å². The first kappa shape index (κ1) is 9.09. The predicted molar refractivity (Wildman–Crippen MR) is 50.6 cm³/mol. The Bertz CT molecular complexity index is 105. The van der Waals surface area contributed by atoms with Gasteiger partial charge in [-0.3, -0.25) is 0 Å². The summed E-state index contributed by atoms with van der Waals surface area (Å²) in [7, 11) is 0. The molecule has 1 aliphatic carbocycles. The summed E-state index contributed by atoms with van der Waals surface area (Å²) in [4.78, 5) is 0. The fourth-order valence-corrected chi connectivity index (χ4v) is 2.62. The van der Waals surface area contributed by atoms with E-state index in [0.717, 1.165) is 17.8 Å². The van der Waals surface area contributed by atoms with Crippen molar-refractivity contribution in [1.82, 2.24) is 0 Å². The maximum Gasteiger partial charge on any atom is -0.0363 e. The Kier molecular flexibility index (Phi) is 3.42. The minimum Gasteiger partial charge on any atom is -0.0651 e. The number of hydrogen-bond acceptors (Lipinski definition) is 0. The van der Waals surface area contributed by atoms with Crippen molar-refractivity contribution >= 4 is 0 Å². The fraction of sp³-hybridized carbons (Fsp3) is 1.00. The van der Waals surface area contributed by atoms with Crippen molar-refractivity contribution < 1.29 is 0 Å². The minimum atomic E-state index is 0.917. The first-order valence-electron chi connectivity index (χ1n) is 5.25. The molecule has 0 spiro atoms. The molecule has 0 bridgehead atoms. The maximum atomic E-state index is 2.39. The molecule has 1 saturated carbocycles. The van der Waals surface area contributed by atoms with Crippen LogP contribution < -0.4 is 0 Å². The lowest BCUT2D eigenvalue weighted by Gasteiger charge is -2.33. The summed E-state index contributed by atoms with van der Waals surface area (Å²) >= 11 is 0. The largest absolute Gasteiger partial charge is 0.0651 e. The van der Waals surface area contributed by atoms with Crippen LogP contribution in [0.2, 0.25) is 0 Å². The van der Waals surface area contributed by atoms with E-state index in [1.807, 2.05) is 0 Å². The van der Waals surface area contributed by atoms with Gasteiger partial charge in [-0.05, 0) is 24.2 Å². The maximum absolute atomic E-state index is 2.39. The fourth-order valence-electron chi connectivity index (χ4n) is 2.62. The Labute approximate surface area is 71.4 Å². The molecule has 0 aromatic rings. The minimum absolute atomic E-state index is 0.917. The van der Waals surface area contributed by atoms with Crippen LogP contribution in [-0.2, 0) is 0 Å². The highest BCUT2D eigenvalue weighted by Crippen LogP contribution is 2.36. The second kappa shape index (κ2) is 4.13. The van der Waals surface area contributed by atoms with E-state index < -0.39 is 0 Å². The topological polar surface area (TPSA) is 0 Å². The molecular weight excluding hydrogens is 132 g/mol. The van der Waals surface area contributed by atoms with Crippen LogP contribution in [0.5, 0.6) is 0 Å². The van der Waals surface area contributed by atoms with Crippen molar-refractivity contribution in [2.75, 3.05) is 0 Å². The lowest BCUT2D eigenvalue weighted by Crippen LogP contribution is -2.23. The first-order valence-corrected chi connectivity index (χ1v) is 5.25. The van der Waals surface area contributed by atoms with Crippen LogP contribution >= 0.6 is 0 Å². The van der Waals surface area contributed by atoms with Gasteiger partial charge in [0.1, 0.15) is 0 Å². The summed E-state index contributed by atoms with van der Waals surface area (Å²) in [6, 6.07) is 0. The van der Waals surface area contributed by atoms with Crippen LogP contribution in [0.4, 0.5) is 0 Å². The van der Waals surface area contributed by atoms with Crippen LogP contribution in [-0.4, -0.2) is 0 Å². The van der Waals surface area contributed by atoms with Gasteiger partial charge >= 0.3 is 0 Å². The van der Waals surface area contributed by atoms with Crippen molar-refractivity contribution in [1.29, 1.82) is 0 Å². The van der Waals surface area contributed by atoms with E-state index in [9.17, 15) is 0 Å². The number of hydrogen-bond donors (Lipinski definition) is 0. The third-order valence-electron chi connectivity index (χ3n) is 3.35. The first-order chi connectivity index (χ1) is 5.25. The SMILES string of the molecule is CCC1CCCC[C@@H]1C(C)C. The standard InChI is InChI=1S/C11H22/c1-4-10-7-5-6-8-11(10)9(2)3/h9-11H,4-8H2,1-3H3/t10?,11-/m1/s1. The molecule has 0 N–H and O–H groups in total. The van der Waals surface area contributed by atoms with Gasteiger partial charge < -0.3 is 0 Å². The molecule has 66 valence electrons. The zero-order valence-corrected chi connectivity index (χ0v) is 8.27. The second-order valence-electron chi connectivity index (χ2n) is 4.36.